The predicted octanol–water partition coefficient (Wildman–Crippen LogP) is 1.22. The zero-order chi connectivity index (χ0) is 73.4. The first-order chi connectivity index (χ1) is 48.7. The molecular formula is C69H109N13O17S2. The number of carboxylic acids is 1. The van der Waals surface area contributed by atoms with Crippen molar-refractivity contribution in [2.24, 2.45) is 16.5 Å². The molecule has 1 aliphatic rings. The number of nitrogens with one attached hydrogen (secondary N) is 10. The highest BCUT2D eigenvalue weighted by molar-refractivity contribution is 8.76. The number of fused-ring (bicyclic) bond motifs is 1. The standard InChI is InChI=1S/C69H109N13O17S2/c1-47(2)72-25-9-7-14-54(63(88)74-28-30-95-32-34-97-36-38-99-40-39-98-37-35-96-33-31-94-29-23-62(86)87)79-68(93)59-46-101-100-41-24-60(84)77-58(43-49-18-21-53(83)22-19-49)67(92)81-55(15-8-10-26-73-48(3)4)65(90)80-56(16-11-27-75-69(70)71)66(91)82-57(64(89)76-45-61(85)78-59)44-50-17-20-51-12-5-6-13-52(51)42-50/h5-6,12-13,17-22,42,47-48,54-59,72-73,83H,7-11,14-16,23-41,43-46H2,1-4H3,(H,74,88)(H,76,89)(H,77,84)(H,78,85)(H,79,93)(H,80,90)(H,81,92)(H,82,91)(H,86,87)(H4,70,71,75)/t54?,55?,56-,57?,58?,59?/m1/s1. The van der Waals surface area contributed by atoms with Crippen molar-refractivity contribution in [2.45, 2.75) is 153 Å². The second kappa shape index (κ2) is 51.7. The smallest absolute Gasteiger partial charge is 0.305 e. The Morgan fingerprint density at radius 2 is 1.10 bits per heavy atom. The molecule has 6 atom stereocenters. The average molecular weight is 1460 g/mol. The molecule has 8 amide bonds. The minimum atomic E-state index is -1.34. The third-order valence-electron chi connectivity index (χ3n) is 15.4. The molecule has 5 unspecified atom stereocenters. The summed E-state index contributed by atoms with van der Waals surface area (Å²) in [5, 5.41) is 49.7. The molecule has 4 rings (SSSR count). The average Bonchev–Trinajstić information content (AvgIpc) is 0.892. The molecular weight excluding hydrogens is 1350 g/mol. The van der Waals surface area contributed by atoms with E-state index in [1.807, 2.05) is 70.2 Å². The van der Waals surface area contributed by atoms with Crippen molar-refractivity contribution in [2.75, 3.05) is 124 Å². The minimum absolute atomic E-state index is 0.0139. The van der Waals surface area contributed by atoms with Crippen molar-refractivity contribution in [1.29, 1.82) is 0 Å². The normalized spacial score (nSPS) is 18.2. The summed E-state index contributed by atoms with van der Waals surface area (Å²) in [6.45, 7) is 12.3. The molecule has 101 heavy (non-hydrogen) atoms. The van der Waals surface area contributed by atoms with Crippen LogP contribution in [0.5, 0.6) is 5.75 Å². The summed E-state index contributed by atoms with van der Waals surface area (Å²) >= 11 is 0. The van der Waals surface area contributed by atoms with Crippen molar-refractivity contribution < 1.29 is 81.8 Å². The minimum Gasteiger partial charge on any atom is -0.508 e. The summed E-state index contributed by atoms with van der Waals surface area (Å²) in [5.74, 6) is -6.44. The Hall–Kier alpha value is -7.40. The van der Waals surface area contributed by atoms with Crippen LogP contribution in [0.3, 0.4) is 0 Å². The molecule has 0 radical (unpaired) electrons. The van der Waals surface area contributed by atoms with Crippen molar-refractivity contribution in [3.8, 4) is 5.75 Å². The van der Waals surface area contributed by atoms with E-state index in [4.69, 9.17) is 45.0 Å². The van der Waals surface area contributed by atoms with Gasteiger partial charge in [0.2, 0.25) is 47.3 Å². The number of hydrogen-bond acceptors (Lipinski definition) is 21. The summed E-state index contributed by atoms with van der Waals surface area (Å²) in [4.78, 5) is 130. The summed E-state index contributed by atoms with van der Waals surface area (Å²) in [5.41, 5.74) is 12.5. The van der Waals surface area contributed by atoms with Crippen LogP contribution in [0.15, 0.2) is 71.7 Å². The molecule has 3 aromatic carbocycles. The topological polar surface area (TPSA) is 434 Å². The lowest BCUT2D eigenvalue weighted by atomic mass is 10.00. The van der Waals surface area contributed by atoms with Gasteiger partial charge in [0.25, 0.3) is 0 Å². The van der Waals surface area contributed by atoms with Crippen LogP contribution in [0, 0.1) is 0 Å². The zero-order valence-corrected chi connectivity index (χ0v) is 60.5. The quantitative estimate of drug-likeness (QED) is 0.0164. The number of hydrogen-bond donors (Lipinski definition) is 14. The highest BCUT2D eigenvalue weighted by atomic mass is 33.1. The monoisotopic (exact) mass is 1460 g/mol. The number of nitrogens with two attached hydrogens (primary N) is 2. The second-order valence-corrected chi connectivity index (χ2v) is 27.2. The van der Waals surface area contributed by atoms with Gasteiger partial charge in [0.05, 0.1) is 92.2 Å². The van der Waals surface area contributed by atoms with Crippen LogP contribution in [-0.2, 0) is 84.4 Å². The number of benzene rings is 3. The van der Waals surface area contributed by atoms with Crippen LogP contribution in [0.2, 0.25) is 0 Å². The van der Waals surface area contributed by atoms with Gasteiger partial charge in [0.1, 0.15) is 42.0 Å². The fraction of sp³-hybridized carbons (Fsp3) is 0.623. The molecule has 16 N–H and O–H groups in total. The summed E-state index contributed by atoms with van der Waals surface area (Å²) in [7, 11) is 2.39. The van der Waals surface area contributed by atoms with Gasteiger partial charge in [0, 0.05) is 55.9 Å². The van der Waals surface area contributed by atoms with E-state index in [0.717, 1.165) is 10.8 Å². The number of carbonyl (C=O) groups is 9. The lowest BCUT2D eigenvalue weighted by molar-refractivity contribution is -0.138. The highest BCUT2D eigenvalue weighted by Gasteiger charge is 2.33. The summed E-state index contributed by atoms with van der Waals surface area (Å²) < 4.78 is 32.9. The lowest BCUT2D eigenvalue weighted by Crippen LogP contribution is -2.59. The lowest BCUT2D eigenvalue weighted by Gasteiger charge is -2.27. The van der Waals surface area contributed by atoms with Crippen LogP contribution in [-0.4, -0.2) is 241 Å². The number of ether oxygens (including phenoxy) is 6. The van der Waals surface area contributed by atoms with Gasteiger partial charge in [-0.3, -0.25) is 48.1 Å². The molecule has 0 bridgehead atoms. The Morgan fingerprint density at radius 3 is 1.69 bits per heavy atom. The molecule has 1 saturated heterocycles. The Kier molecular flexibility index (Phi) is 44.0. The van der Waals surface area contributed by atoms with E-state index in [2.05, 4.69) is 58.2 Å². The van der Waals surface area contributed by atoms with E-state index in [9.17, 15) is 48.3 Å². The fourth-order valence-electron chi connectivity index (χ4n) is 10.0. The molecule has 0 aromatic heterocycles. The first-order valence-corrected chi connectivity index (χ1v) is 37.2. The van der Waals surface area contributed by atoms with E-state index in [1.54, 1.807) is 12.1 Å². The maximum atomic E-state index is 14.8. The van der Waals surface area contributed by atoms with Crippen LogP contribution in [0.25, 0.3) is 10.8 Å². The van der Waals surface area contributed by atoms with Gasteiger partial charge >= 0.3 is 5.97 Å². The summed E-state index contributed by atoms with van der Waals surface area (Å²) in [6.07, 6.45) is 2.58. The molecule has 30 nitrogen and oxygen atoms in total. The number of phenols is 1. The van der Waals surface area contributed by atoms with Gasteiger partial charge in [-0.1, -0.05) is 104 Å². The van der Waals surface area contributed by atoms with E-state index < -0.39 is 96.0 Å². The van der Waals surface area contributed by atoms with Gasteiger partial charge in [-0.15, -0.1) is 0 Å². The SMILES string of the molecule is CC(C)NCCCCC(NC(=O)C1CSSCCC(=O)NC(Cc2ccc(O)cc2)C(=O)NC(CCCCNC(C)C)C(=O)N[C@H](CCCN=C(N)N)C(=O)NC(Cc2ccc3ccccc3c2)C(=O)NCC(=O)N1)C(=O)NCCOCCOCCOCCOCCOCCOCCC(=O)O. The van der Waals surface area contributed by atoms with Crippen molar-refractivity contribution in [3.05, 3.63) is 77.9 Å². The van der Waals surface area contributed by atoms with E-state index in [-0.39, 0.29) is 126 Å². The number of carbonyl (C=O) groups excluding carboxylic acids is 8. The second-order valence-electron chi connectivity index (χ2n) is 24.6. The zero-order valence-electron chi connectivity index (χ0n) is 58.8. The third-order valence-corrected chi connectivity index (χ3v) is 17.8. The molecule has 0 aliphatic carbocycles. The number of aliphatic imine (C=N–C) groups is 1. The molecule has 1 heterocycles. The van der Waals surface area contributed by atoms with Crippen LogP contribution in [0.4, 0.5) is 0 Å². The molecule has 564 valence electrons. The maximum absolute atomic E-state index is 14.8. The van der Waals surface area contributed by atoms with Gasteiger partial charge in [-0.05, 0) is 98.5 Å². The van der Waals surface area contributed by atoms with Crippen LogP contribution in [0.1, 0.15) is 103 Å². The number of phenolic OH excluding ortho intramolecular Hbond substituents is 1. The highest BCUT2D eigenvalue weighted by Crippen LogP contribution is 2.24. The number of amides is 8. The number of carboxylic acid groups (broad SMARTS) is 1. The molecule has 32 heteroatoms. The Bertz CT molecular complexity index is 2990. The first-order valence-electron chi connectivity index (χ1n) is 34.7. The van der Waals surface area contributed by atoms with E-state index in [1.165, 1.54) is 33.7 Å². The number of guanidine groups is 1. The largest absolute Gasteiger partial charge is 0.508 e. The Morgan fingerprint density at radius 1 is 0.574 bits per heavy atom. The van der Waals surface area contributed by atoms with Gasteiger partial charge in [-0.2, -0.15) is 0 Å². The van der Waals surface area contributed by atoms with Crippen molar-refractivity contribution in [1.82, 2.24) is 53.2 Å². The first kappa shape index (κ1) is 86.0. The van der Waals surface area contributed by atoms with Gasteiger partial charge < -0.3 is 103 Å². The van der Waals surface area contributed by atoms with Crippen LogP contribution >= 0.6 is 21.6 Å². The van der Waals surface area contributed by atoms with Crippen molar-refractivity contribution >= 4 is 91.5 Å². The molecule has 1 fully saturated rings. The number of nitrogens with zero attached hydrogens (tertiary/aromatic N) is 1. The third kappa shape index (κ3) is 39.6. The number of unbranched alkanes of at least 4 members (excludes halogenated alkanes) is 2. The van der Waals surface area contributed by atoms with E-state index >= 15 is 0 Å². The fourth-order valence-corrected chi connectivity index (χ4v) is 12.2. The van der Waals surface area contributed by atoms with Crippen molar-refractivity contribution in [3.63, 3.8) is 0 Å². The predicted molar refractivity (Wildman–Crippen MR) is 388 cm³/mol. The molecule has 3 aromatic rings. The maximum Gasteiger partial charge on any atom is 0.305 e. The Labute approximate surface area is 600 Å². The number of aromatic hydroxyl groups is 1. The number of rotatable bonds is 44. The molecule has 0 spiro atoms. The molecule has 0 saturated carbocycles. The van der Waals surface area contributed by atoms with Crippen LogP contribution < -0.4 is 64.6 Å². The molecule has 1 aliphatic heterocycles. The van der Waals surface area contributed by atoms with E-state index in [0.29, 0.717) is 103 Å². The van der Waals surface area contributed by atoms with Gasteiger partial charge in [-0.25, -0.2) is 0 Å². The Balaban J connectivity index is 1.53. The number of aliphatic carboxylic acids is 1. The summed E-state index contributed by atoms with van der Waals surface area (Å²) in [6, 6.07) is 12.2. The van der Waals surface area contributed by atoms with Gasteiger partial charge in [0.15, 0.2) is 5.96 Å².